The van der Waals surface area contributed by atoms with E-state index in [1.165, 1.54) is 24.3 Å². The quantitative estimate of drug-likeness (QED) is 0.210. The standard InChI is InChI=1S/C22H13ClN4O6/c23-18-11-14(10-15(13-24)22(28)25-16-4-2-1-3-5-16)6-8-20(18)33-21-9-7-17(26(29)30)12-19(21)27(31)32/h1-12H,(H,25,28)/b15-10+. The summed E-state index contributed by atoms with van der Waals surface area (Å²) in [5.41, 5.74) is -0.304. The van der Waals surface area contributed by atoms with Gasteiger partial charge in [0, 0.05) is 11.8 Å². The van der Waals surface area contributed by atoms with Gasteiger partial charge in [0.15, 0.2) is 0 Å². The highest BCUT2D eigenvalue weighted by molar-refractivity contribution is 6.32. The van der Waals surface area contributed by atoms with Crippen LogP contribution in [0.2, 0.25) is 5.02 Å². The number of nitro benzene ring substituents is 2. The lowest BCUT2D eigenvalue weighted by molar-refractivity contribution is -0.394. The molecule has 1 amide bonds. The van der Waals surface area contributed by atoms with Crippen molar-refractivity contribution in [3.05, 3.63) is 103 Å². The number of rotatable bonds is 7. The number of hydrogen-bond acceptors (Lipinski definition) is 7. The molecule has 3 aromatic carbocycles. The van der Waals surface area contributed by atoms with Crippen LogP contribution in [0.15, 0.2) is 72.3 Å². The molecule has 0 aliphatic heterocycles. The molecule has 33 heavy (non-hydrogen) atoms. The third-order valence-electron chi connectivity index (χ3n) is 4.23. The Hall–Kier alpha value is -4.75. The Labute approximate surface area is 191 Å². The van der Waals surface area contributed by atoms with Crippen molar-refractivity contribution < 1.29 is 19.4 Å². The zero-order chi connectivity index (χ0) is 24.0. The third kappa shape index (κ3) is 5.69. The van der Waals surface area contributed by atoms with Gasteiger partial charge in [-0.3, -0.25) is 25.0 Å². The van der Waals surface area contributed by atoms with Gasteiger partial charge in [0.2, 0.25) is 5.75 Å². The number of hydrogen-bond donors (Lipinski definition) is 1. The summed E-state index contributed by atoms with van der Waals surface area (Å²) in [4.78, 5) is 32.9. The zero-order valence-corrected chi connectivity index (χ0v) is 17.4. The number of nitro groups is 2. The molecule has 164 valence electrons. The van der Waals surface area contributed by atoms with Gasteiger partial charge < -0.3 is 10.1 Å². The van der Waals surface area contributed by atoms with Gasteiger partial charge in [-0.05, 0) is 42.0 Å². The topological polar surface area (TPSA) is 148 Å². The Bertz CT molecular complexity index is 1320. The fraction of sp³-hybridized carbons (Fsp3) is 0. The molecule has 10 nitrogen and oxygen atoms in total. The molecule has 1 N–H and O–H groups in total. The van der Waals surface area contributed by atoms with Gasteiger partial charge in [-0.1, -0.05) is 35.9 Å². The molecule has 0 unspecified atom stereocenters. The first-order chi connectivity index (χ1) is 15.8. The van der Waals surface area contributed by atoms with Crippen molar-refractivity contribution in [3.63, 3.8) is 0 Å². The number of benzene rings is 3. The predicted octanol–water partition coefficient (Wildman–Crippen LogP) is 5.49. The smallest absolute Gasteiger partial charge is 0.318 e. The Morgan fingerprint density at radius 2 is 1.70 bits per heavy atom. The maximum absolute atomic E-state index is 12.3. The van der Waals surface area contributed by atoms with Crippen LogP contribution in [0.5, 0.6) is 11.5 Å². The summed E-state index contributed by atoms with van der Waals surface area (Å²) in [6, 6.07) is 17.7. The second-order valence-electron chi connectivity index (χ2n) is 6.45. The van der Waals surface area contributed by atoms with Crippen molar-refractivity contribution in [2.24, 2.45) is 0 Å². The summed E-state index contributed by atoms with van der Waals surface area (Å²) < 4.78 is 5.49. The third-order valence-corrected chi connectivity index (χ3v) is 4.53. The minimum atomic E-state index is -0.808. The van der Waals surface area contributed by atoms with E-state index in [0.717, 1.165) is 18.2 Å². The molecule has 3 rings (SSSR count). The Morgan fingerprint density at radius 1 is 1.00 bits per heavy atom. The number of amides is 1. The first kappa shape index (κ1) is 22.9. The predicted molar refractivity (Wildman–Crippen MR) is 120 cm³/mol. The van der Waals surface area contributed by atoms with Crippen molar-refractivity contribution in [2.45, 2.75) is 0 Å². The summed E-state index contributed by atoms with van der Waals surface area (Å²) >= 11 is 6.21. The number of carbonyl (C=O) groups excluding carboxylic acids is 1. The molecule has 0 radical (unpaired) electrons. The molecule has 0 aromatic heterocycles. The van der Waals surface area contributed by atoms with Gasteiger partial charge in [-0.15, -0.1) is 0 Å². The number of nitrogens with one attached hydrogen (secondary N) is 1. The van der Waals surface area contributed by atoms with Crippen LogP contribution < -0.4 is 10.1 Å². The van der Waals surface area contributed by atoms with Crippen molar-refractivity contribution >= 4 is 40.6 Å². The van der Waals surface area contributed by atoms with E-state index < -0.39 is 27.1 Å². The van der Waals surface area contributed by atoms with Gasteiger partial charge in [-0.25, -0.2) is 0 Å². The molecule has 11 heteroatoms. The molecular formula is C22H13ClN4O6. The fourth-order valence-electron chi connectivity index (χ4n) is 2.69. The Morgan fingerprint density at radius 3 is 2.30 bits per heavy atom. The van der Waals surface area contributed by atoms with E-state index in [1.54, 1.807) is 30.3 Å². The van der Waals surface area contributed by atoms with Crippen LogP contribution in [0.25, 0.3) is 6.08 Å². The SMILES string of the molecule is N#C/C(=C\c1ccc(Oc2ccc([N+](=O)[O-])cc2[N+](=O)[O-])c(Cl)c1)C(=O)Nc1ccccc1. The number of ether oxygens (including phenoxy) is 1. The molecule has 0 saturated heterocycles. The summed E-state index contributed by atoms with van der Waals surface area (Å²) in [6.07, 6.45) is 1.32. The van der Waals surface area contributed by atoms with E-state index in [1.807, 2.05) is 6.07 Å². The van der Waals surface area contributed by atoms with Gasteiger partial charge in [0.25, 0.3) is 11.6 Å². The van der Waals surface area contributed by atoms with E-state index in [-0.39, 0.29) is 22.1 Å². The molecule has 0 aliphatic rings. The average Bonchev–Trinajstić information content (AvgIpc) is 2.79. The molecule has 0 spiro atoms. The van der Waals surface area contributed by atoms with Gasteiger partial charge >= 0.3 is 5.69 Å². The van der Waals surface area contributed by atoms with Gasteiger partial charge in [-0.2, -0.15) is 5.26 Å². The second kappa shape index (κ2) is 10.0. The highest BCUT2D eigenvalue weighted by Gasteiger charge is 2.22. The molecule has 0 heterocycles. The van der Waals surface area contributed by atoms with Gasteiger partial charge in [0.05, 0.1) is 20.9 Å². The summed E-state index contributed by atoms with van der Waals surface area (Å²) in [6.45, 7) is 0. The van der Waals surface area contributed by atoms with E-state index in [2.05, 4.69) is 5.32 Å². The first-order valence-electron chi connectivity index (χ1n) is 9.17. The van der Waals surface area contributed by atoms with Crippen LogP contribution in [0.4, 0.5) is 17.1 Å². The molecule has 3 aromatic rings. The fourth-order valence-corrected chi connectivity index (χ4v) is 2.92. The highest BCUT2D eigenvalue weighted by atomic mass is 35.5. The summed E-state index contributed by atoms with van der Waals surface area (Å²) in [7, 11) is 0. The number of nitriles is 1. The molecular weight excluding hydrogens is 452 g/mol. The van der Waals surface area contributed by atoms with Crippen LogP contribution >= 0.6 is 11.6 Å². The zero-order valence-electron chi connectivity index (χ0n) is 16.6. The first-order valence-corrected chi connectivity index (χ1v) is 9.54. The van der Waals surface area contributed by atoms with Crippen LogP contribution in [0.1, 0.15) is 5.56 Å². The minimum absolute atomic E-state index is 0.0390. The minimum Gasteiger partial charge on any atom is -0.449 e. The average molecular weight is 465 g/mol. The number of para-hydroxylation sites is 1. The lowest BCUT2D eigenvalue weighted by Crippen LogP contribution is -2.13. The van der Waals surface area contributed by atoms with E-state index in [0.29, 0.717) is 11.3 Å². The van der Waals surface area contributed by atoms with Crippen molar-refractivity contribution in [1.29, 1.82) is 5.26 Å². The van der Waals surface area contributed by atoms with Crippen LogP contribution in [-0.4, -0.2) is 15.8 Å². The number of nitrogens with zero attached hydrogens (tertiary/aromatic N) is 3. The monoisotopic (exact) mass is 464 g/mol. The Balaban J connectivity index is 1.84. The van der Waals surface area contributed by atoms with E-state index in [9.17, 15) is 30.3 Å². The van der Waals surface area contributed by atoms with E-state index >= 15 is 0 Å². The summed E-state index contributed by atoms with van der Waals surface area (Å²) in [5, 5.41) is 34.1. The summed E-state index contributed by atoms with van der Waals surface area (Å²) in [5.74, 6) is -0.810. The number of anilines is 1. The number of non-ortho nitro benzene ring substituents is 1. The largest absolute Gasteiger partial charge is 0.449 e. The number of halogens is 1. The Kier molecular flexibility index (Phi) is 6.97. The molecule has 0 aliphatic carbocycles. The molecule has 0 atom stereocenters. The van der Waals surface area contributed by atoms with Crippen LogP contribution in [0.3, 0.4) is 0 Å². The van der Waals surface area contributed by atoms with E-state index in [4.69, 9.17) is 16.3 Å². The van der Waals surface area contributed by atoms with Crippen molar-refractivity contribution in [3.8, 4) is 17.6 Å². The molecule has 0 fully saturated rings. The van der Waals surface area contributed by atoms with Crippen LogP contribution in [-0.2, 0) is 4.79 Å². The van der Waals surface area contributed by atoms with Gasteiger partial charge in [0.1, 0.15) is 17.4 Å². The normalized spacial score (nSPS) is 10.7. The second-order valence-corrected chi connectivity index (χ2v) is 6.86. The maximum Gasteiger partial charge on any atom is 0.318 e. The van der Waals surface area contributed by atoms with Crippen molar-refractivity contribution in [1.82, 2.24) is 0 Å². The highest BCUT2D eigenvalue weighted by Crippen LogP contribution is 2.37. The number of carbonyl (C=O) groups is 1. The van der Waals surface area contributed by atoms with Crippen molar-refractivity contribution in [2.75, 3.05) is 5.32 Å². The lowest BCUT2D eigenvalue weighted by Gasteiger charge is -2.09. The molecule has 0 saturated carbocycles. The molecule has 0 bridgehead atoms. The van der Waals surface area contributed by atoms with Crippen LogP contribution in [0, 0.1) is 31.6 Å². The lowest BCUT2D eigenvalue weighted by atomic mass is 10.1. The maximum atomic E-state index is 12.3.